The van der Waals surface area contributed by atoms with Gasteiger partial charge in [-0.2, -0.15) is 0 Å². The number of rotatable bonds is 5. The molecule has 4 N–H and O–H groups in total. The third-order valence-electron chi connectivity index (χ3n) is 3.88. The Hall–Kier alpha value is -2.14. The zero-order valence-electron chi connectivity index (χ0n) is 11.9. The second-order valence-corrected chi connectivity index (χ2v) is 5.38. The number of nitrogens with zero attached hydrogens (tertiary/aromatic N) is 2. The monoisotopic (exact) mass is 284 g/mol. The van der Waals surface area contributed by atoms with Crippen molar-refractivity contribution in [3.63, 3.8) is 0 Å². The van der Waals surface area contributed by atoms with E-state index in [1.54, 1.807) is 12.1 Å². The van der Waals surface area contributed by atoms with Gasteiger partial charge >= 0.3 is 0 Å². The van der Waals surface area contributed by atoms with Crippen molar-refractivity contribution in [1.29, 1.82) is 0 Å². The molecule has 0 saturated heterocycles. The van der Waals surface area contributed by atoms with Gasteiger partial charge in [0.15, 0.2) is 0 Å². The molecular formula is C16H20N4O. The lowest BCUT2D eigenvalue weighted by Gasteiger charge is -2.24. The number of aromatic hydroxyl groups is 1. The minimum atomic E-state index is 0.253. The summed E-state index contributed by atoms with van der Waals surface area (Å²) in [7, 11) is 0. The van der Waals surface area contributed by atoms with Gasteiger partial charge < -0.3 is 16.2 Å². The van der Waals surface area contributed by atoms with Crippen molar-refractivity contribution >= 4 is 5.69 Å². The molecule has 0 bridgehead atoms. The average molecular weight is 284 g/mol. The van der Waals surface area contributed by atoms with Crippen LogP contribution in [0.3, 0.4) is 0 Å². The number of phenolic OH excluding ortho intramolecular Hbond substituents is 1. The highest BCUT2D eigenvalue weighted by atomic mass is 16.3. The molecule has 0 spiro atoms. The topological polar surface area (TPSA) is 84.1 Å². The van der Waals surface area contributed by atoms with E-state index in [2.05, 4.69) is 10.3 Å². The Balaban J connectivity index is 1.97. The second-order valence-electron chi connectivity index (χ2n) is 5.38. The standard InChI is InChI=1S/C16H20N4O/c17-8-9-18-14-10-19-16(12-2-1-3-12)20-15(14)11-4-6-13(21)7-5-11/h4-7,10,12,18,21H,1-3,8-9,17H2. The third kappa shape index (κ3) is 2.97. The lowest BCUT2D eigenvalue weighted by molar-refractivity contribution is 0.402. The fraction of sp³-hybridized carbons (Fsp3) is 0.375. The highest BCUT2D eigenvalue weighted by Gasteiger charge is 2.23. The fourth-order valence-corrected chi connectivity index (χ4v) is 2.43. The normalized spacial score (nSPS) is 14.7. The van der Waals surface area contributed by atoms with Gasteiger partial charge in [0, 0.05) is 24.6 Å². The van der Waals surface area contributed by atoms with Crippen LogP contribution in [0.5, 0.6) is 5.75 Å². The smallest absolute Gasteiger partial charge is 0.132 e. The molecule has 5 heteroatoms. The van der Waals surface area contributed by atoms with Crippen LogP contribution in [0.25, 0.3) is 11.3 Å². The minimum absolute atomic E-state index is 0.253. The van der Waals surface area contributed by atoms with Crippen molar-refractivity contribution in [2.24, 2.45) is 5.73 Å². The van der Waals surface area contributed by atoms with E-state index in [-0.39, 0.29) is 5.75 Å². The molecule has 1 aromatic heterocycles. The van der Waals surface area contributed by atoms with Crippen LogP contribution >= 0.6 is 0 Å². The van der Waals surface area contributed by atoms with Crippen LogP contribution in [0.1, 0.15) is 31.0 Å². The number of phenols is 1. The summed E-state index contributed by atoms with van der Waals surface area (Å²) in [5.74, 6) is 1.66. The summed E-state index contributed by atoms with van der Waals surface area (Å²) in [6.07, 6.45) is 5.45. The predicted octanol–water partition coefficient (Wildman–Crippen LogP) is 2.49. The summed E-state index contributed by atoms with van der Waals surface area (Å²) in [4.78, 5) is 9.24. The molecule has 3 rings (SSSR count). The molecular weight excluding hydrogens is 264 g/mol. The number of anilines is 1. The number of nitrogens with two attached hydrogens (primary N) is 1. The van der Waals surface area contributed by atoms with Crippen molar-refractivity contribution in [3.8, 4) is 17.0 Å². The Bertz CT molecular complexity index is 608. The predicted molar refractivity (Wildman–Crippen MR) is 83.3 cm³/mol. The van der Waals surface area contributed by atoms with Crippen LogP contribution in [0.4, 0.5) is 5.69 Å². The van der Waals surface area contributed by atoms with Gasteiger partial charge in [-0.15, -0.1) is 0 Å². The van der Waals surface area contributed by atoms with Gasteiger partial charge in [-0.05, 0) is 37.1 Å². The van der Waals surface area contributed by atoms with Crippen LogP contribution in [0.2, 0.25) is 0 Å². The molecule has 0 atom stereocenters. The van der Waals surface area contributed by atoms with Gasteiger partial charge in [0.2, 0.25) is 0 Å². The molecule has 1 heterocycles. The first kappa shape index (κ1) is 13.8. The Morgan fingerprint density at radius 3 is 2.62 bits per heavy atom. The van der Waals surface area contributed by atoms with Gasteiger partial charge in [0.1, 0.15) is 11.6 Å². The lowest BCUT2D eigenvalue weighted by atomic mass is 9.85. The van der Waals surface area contributed by atoms with E-state index in [9.17, 15) is 5.11 Å². The SMILES string of the molecule is NCCNc1cnc(C2CCC2)nc1-c1ccc(O)cc1. The van der Waals surface area contributed by atoms with Gasteiger partial charge in [0.25, 0.3) is 0 Å². The highest BCUT2D eigenvalue weighted by molar-refractivity contribution is 5.74. The first-order valence-electron chi connectivity index (χ1n) is 7.38. The molecule has 1 aliphatic rings. The number of aromatic nitrogens is 2. The molecule has 2 aromatic rings. The zero-order chi connectivity index (χ0) is 14.7. The number of benzene rings is 1. The summed E-state index contributed by atoms with van der Waals surface area (Å²) in [6.45, 7) is 1.23. The van der Waals surface area contributed by atoms with Crippen LogP contribution in [-0.4, -0.2) is 28.2 Å². The van der Waals surface area contributed by atoms with E-state index in [0.717, 1.165) is 22.8 Å². The molecule has 0 radical (unpaired) electrons. The van der Waals surface area contributed by atoms with E-state index < -0.39 is 0 Å². The molecule has 5 nitrogen and oxygen atoms in total. The molecule has 21 heavy (non-hydrogen) atoms. The highest BCUT2D eigenvalue weighted by Crippen LogP contribution is 2.36. The Morgan fingerprint density at radius 2 is 2.00 bits per heavy atom. The van der Waals surface area contributed by atoms with Crippen molar-refractivity contribution in [2.45, 2.75) is 25.2 Å². The number of hydrogen-bond acceptors (Lipinski definition) is 5. The maximum Gasteiger partial charge on any atom is 0.132 e. The van der Waals surface area contributed by atoms with Crippen molar-refractivity contribution < 1.29 is 5.11 Å². The van der Waals surface area contributed by atoms with Crippen LogP contribution < -0.4 is 11.1 Å². The summed E-state index contributed by atoms with van der Waals surface area (Å²) in [5.41, 5.74) is 8.28. The Kier molecular flexibility index (Phi) is 4.01. The van der Waals surface area contributed by atoms with Crippen LogP contribution in [0.15, 0.2) is 30.5 Å². The number of nitrogens with one attached hydrogen (secondary N) is 1. The van der Waals surface area contributed by atoms with Crippen molar-refractivity contribution in [1.82, 2.24) is 9.97 Å². The van der Waals surface area contributed by atoms with Gasteiger partial charge in [0.05, 0.1) is 17.6 Å². The minimum Gasteiger partial charge on any atom is -0.508 e. The second kappa shape index (κ2) is 6.10. The molecule has 1 fully saturated rings. The quantitative estimate of drug-likeness (QED) is 0.785. The van der Waals surface area contributed by atoms with E-state index in [1.165, 1.54) is 19.3 Å². The molecule has 1 aliphatic carbocycles. The zero-order valence-corrected chi connectivity index (χ0v) is 11.9. The first-order chi connectivity index (χ1) is 10.3. The molecule has 0 amide bonds. The first-order valence-corrected chi connectivity index (χ1v) is 7.38. The molecule has 0 unspecified atom stereocenters. The Labute approximate surface area is 124 Å². The summed E-state index contributed by atoms with van der Waals surface area (Å²) in [5, 5.41) is 12.7. The lowest BCUT2D eigenvalue weighted by Crippen LogP contribution is -2.16. The largest absolute Gasteiger partial charge is 0.508 e. The van der Waals surface area contributed by atoms with Crippen LogP contribution in [0, 0.1) is 0 Å². The Morgan fingerprint density at radius 1 is 1.24 bits per heavy atom. The average Bonchev–Trinajstić information content (AvgIpc) is 2.45. The number of hydrogen-bond donors (Lipinski definition) is 3. The van der Waals surface area contributed by atoms with Gasteiger partial charge in [-0.1, -0.05) is 6.42 Å². The summed E-state index contributed by atoms with van der Waals surface area (Å²) >= 11 is 0. The maximum atomic E-state index is 9.44. The van der Waals surface area contributed by atoms with Crippen molar-refractivity contribution in [2.75, 3.05) is 18.4 Å². The van der Waals surface area contributed by atoms with Crippen molar-refractivity contribution in [3.05, 3.63) is 36.3 Å². The van der Waals surface area contributed by atoms with E-state index in [4.69, 9.17) is 10.7 Å². The fourth-order valence-electron chi connectivity index (χ4n) is 2.43. The van der Waals surface area contributed by atoms with E-state index in [1.807, 2.05) is 18.3 Å². The van der Waals surface area contributed by atoms with Crippen LogP contribution in [-0.2, 0) is 0 Å². The van der Waals surface area contributed by atoms with E-state index >= 15 is 0 Å². The third-order valence-corrected chi connectivity index (χ3v) is 3.88. The van der Waals surface area contributed by atoms with Gasteiger partial charge in [-0.3, -0.25) is 0 Å². The molecule has 1 aromatic carbocycles. The molecule has 1 saturated carbocycles. The summed E-state index contributed by atoms with van der Waals surface area (Å²) < 4.78 is 0. The molecule has 110 valence electrons. The maximum absolute atomic E-state index is 9.44. The van der Waals surface area contributed by atoms with E-state index in [0.29, 0.717) is 19.0 Å². The molecule has 0 aliphatic heterocycles. The summed E-state index contributed by atoms with van der Waals surface area (Å²) in [6, 6.07) is 7.09. The van der Waals surface area contributed by atoms with Gasteiger partial charge in [-0.25, -0.2) is 9.97 Å².